The first-order chi connectivity index (χ1) is 16.0. The Hall–Kier alpha value is -3.68. The van der Waals surface area contributed by atoms with Gasteiger partial charge in [0.15, 0.2) is 18.2 Å². The number of rotatable bonds is 6. The Labute approximate surface area is 190 Å². The van der Waals surface area contributed by atoms with Crippen LogP contribution in [0.3, 0.4) is 0 Å². The fraction of sp³-hybridized carbons (Fsp3) is 0.391. The smallest absolute Gasteiger partial charge is 0.415 e. The highest BCUT2D eigenvalue weighted by molar-refractivity contribution is 5.95. The van der Waals surface area contributed by atoms with Crippen LogP contribution in [0.4, 0.5) is 16.4 Å². The maximum absolute atomic E-state index is 12.4. The van der Waals surface area contributed by atoms with Crippen molar-refractivity contribution < 1.29 is 24.2 Å². The molecule has 3 N–H and O–H groups in total. The molecule has 1 fully saturated rings. The van der Waals surface area contributed by atoms with Gasteiger partial charge in [0.25, 0.3) is 5.91 Å². The first-order valence-corrected chi connectivity index (χ1v) is 10.8. The Kier molecular flexibility index (Phi) is 5.58. The third-order valence-corrected chi connectivity index (χ3v) is 6.10. The van der Waals surface area contributed by atoms with E-state index in [4.69, 9.17) is 9.47 Å². The fourth-order valence-electron chi connectivity index (χ4n) is 4.52. The number of aliphatic hydroxyl groups excluding tert-OH is 1. The Morgan fingerprint density at radius 1 is 1.30 bits per heavy atom. The summed E-state index contributed by atoms with van der Waals surface area (Å²) in [5.74, 6) is 0.747. The summed E-state index contributed by atoms with van der Waals surface area (Å²) in [7, 11) is 0. The van der Waals surface area contributed by atoms with Crippen LogP contribution in [-0.4, -0.2) is 60.0 Å². The van der Waals surface area contributed by atoms with E-state index in [9.17, 15) is 20.0 Å². The summed E-state index contributed by atoms with van der Waals surface area (Å²) >= 11 is 0. The van der Waals surface area contributed by atoms with Crippen LogP contribution in [0.1, 0.15) is 23.1 Å². The number of ether oxygens (including phenoxy) is 2. The van der Waals surface area contributed by atoms with Crippen molar-refractivity contribution in [3.05, 3.63) is 47.0 Å². The number of nitrogens with one attached hydrogen (secondary N) is 2. The average molecular weight is 449 g/mol. The van der Waals surface area contributed by atoms with Crippen molar-refractivity contribution in [3.8, 4) is 11.8 Å². The largest absolute Gasteiger partial charge is 0.480 e. The van der Waals surface area contributed by atoms with E-state index in [1.54, 1.807) is 12.1 Å². The number of hydrogen-bond acceptors (Lipinski definition) is 8. The number of anilines is 2. The normalized spacial score (nSPS) is 22.0. The minimum Gasteiger partial charge on any atom is -0.480 e. The number of amides is 2. The highest BCUT2D eigenvalue weighted by Gasteiger charge is 2.35. The molecule has 5 rings (SSSR count). The molecule has 1 aromatic carbocycles. The number of carbonyl (C=O) groups excluding carboxylic acids is 2. The first-order valence-electron chi connectivity index (χ1n) is 10.8. The van der Waals surface area contributed by atoms with Crippen LogP contribution < -0.4 is 20.3 Å². The fourth-order valence-corrected chi connectivity index (χ4v) is 4.52. The van der Waals surface area contributed by atoms with Gasteiger partial charge in [-0.25, -0.2) is 9.78 Å². The van der Waals surface area contributed by atoms with E-state index in [-0.39, 0.29) is 37.3 Å². The number of fused-ring (bicyclic) bond motifs is 2. The molecule has 10 nitrogen and oxygen atoms in total. The Balaban J connectivity index is 1.14. The van der Waals surface area contributed by atoms with Gasteiger partial charge in [0.05, 0.1) is 24.3 Å². The average Bonchev–Trinajstić information content (AvgIpc) is 3.39. The van der Waals surface area contributed by atoms with Gasteiger partial charge in [-0.1, -0.05) is 12.1 Å². The monoisotopic (exact) mass is 449 g/mol. The Bertz CT molecular complexity index is 1150. The van der Waals surface area contributed by atoms with Gasteiger partial charge in [0.1, 0.15) is 11.9 Å². The zero-order valence-electron chi connectivity index (χ0n) is 17.8. The molecular weight excluding hydrogens is 426 g/mol. The lowest BCUT2D eigenvalue weighted by molar-refractivity contribution is -0.118. The molecule has 1 saturated heterocycles. The lowest BCUT2D eigenvalue weighted by atomic mass is 10.0. The van der Waals surface area contributed by atoms with Crippen molar-refractivity contribution >= 4 is 23.6 Å². The molecule has 3 atom stereocenters. The highest BCUT2D eigenvalue weighted by Crippen LogP contribution is 2.30. The second-order valence-corrected chi connectivity index (χ2v) is 8.43. The number of nitrogens with zero attached hydrogens (tertiary/aromatic N) is 3. The Morgan fingerprint density at radius 3 is 3.03 bits per heavy atom. The molecule has 33 heavy (non-hydrogen) atoms. The van der Waals surface area contributed by atoms with Crippen LogP contribution in [-0.2, 0) is 22.4 Å². The zero-order chi connectivity index (χ0) is 22.9. The van der Waals surface area contributed by atoms with E-state index in [1.165, 1.54) is 10.5 Å². The molecule has 2 amide bonds. The van der Waals surface area contributed by atoms with E-state index in [1.807, 2.05) is 18.2 Å². The van der Waals surface area contributed by atoms with Crippen LogP contribution in [0, 0.1) is 11.3 Å². The predicted molar refractivity (Wildman–Crippen MR) is 117 cm³/mol. The number of benzene rings is 1. The van der Waals surface area contributed by atoms with Crippen molar-refractivity contribution in [2.45, 2.75) is 37.5 Å². The van der Waals surface area contributed by atoms with Gasteiger partial charge < -0.3 is 25.2 Å². The molecule has 1 aromatic heterocycles. The van der Waals surface area contributed by atoms with Crippen LogP contribution in [0.25, 0.3) is 0 Å². The van der Waals surface area contributed by atoms with Crippen LogP contribution in [0.15, 0.2) is 30.3 Å². The summed E-state index contributed by atoms with van der Waals surface area (Å²) in [6.07, 6.45) is 0.111. The molecule has 0 radical (unpaired) electrons. The molecular formula is C23H23N5O5. The lowest BCUT2D eigenvalue weighted by Gasteiger charge is -2.20. The Morgan fingerprint density at radius 2 is 2.18 bits per heavy atom. The van der Waals surface area contributed by atoms with Crippen molar-refractivity contribution in [3.63, 3.8) is 0 Å². The summed E-state index contributed by atoms with van der Waals surface area (Å²) in [6, 6.07) is 11.4. The standard InChI is InChI=1S/C23H23N5O5/c24-9-14-3-1-2-13-6-15(7-18(13)14)25-10-16(29)8-17-11-28(23(31)33-17)20-5-4-19-22(26-20)27-21(30)12-32-19/h1-5,15-17,25,29H,6-8,10-12H2,(H,26,27,30). The summed E-state index contributed by atoms with van der Waals surface area (Å²) in [6.45, 7) is 0.534. The van der Waals surface area contributed by atoms with Crippen molar-refractivity contribution in [2.24, 2.45) is 0 Å². The lowest BCUT2D eigenvalue weighted by Crippen LogP contribution is -2.38. The molecule has 0 spiro atoms. The van der Waals surface area contributed by atoms with Gasteiger partial charge in [0, 0.05) is 19.0 Å². The molecule has 2 aromatic rings. The molecule has 10 heteroatoms. The molecule has 3 aliphatic rings. The maximum atomic E-state index is 12.4. The van der Waals surface area contributed by atoms with Gasteiger partial charge in [-0.3, -0.25) is 9.69 Å². The topological polar surface area (TPSA) is 137 Å². The molecule has 1 aliphatic carbocycles. The highest BCUT2D eigenvalue weighted by atomic mass is 16.6. The van der Waals surface area contributed by atoms with Crippen molar-refractivity contribution in [1.82, 2.24) is 10.3 Å². The van der Waals surface area contributed by atoms with E-state index in [0.29, 0.717) is 23.7 Å². The van der Waals surface area contributed by atoms with Gasteiger partial charge >= 0.3 is 6.09 Å². The molecule has 0 saturated carbocycles. The van der Waals surface area contributed by atoms with E-state index >= 15 is 0 Å². The van der Waals surface area contributed by atoms with Crippen LogP contribution in [0.5, 0.6) is 5.75 Å². The van der Waals surface area contributed by atoms with Crippen LogP contribution in [0.2, 0.25) is 0 Å². The maximum Gasteiger partial charge on any atom is 0.415 e. The van der Waals surface area contributed by atoms with Crippen molar-refractivity contribution in [2.75, 3.05) is 29.9 Å². The molecule has 3 unspecified atom stereocenters. The molecule has 2 aliphatic heterocycles. The van der Waals surface area contributed by atoms with Crippen LogP contribution >= 0.6 is 0 Å². The third-order valence-electron chi connectivity index (χ3n) is 6.10. The van der Waals surface area contributed by atoms with Gasteiger partial charge in [0.2, 0.25) is 0 Å². The summed E-state index contributed by atoms with van der Waals surface area (Å²) in [5, 5.41) is 25.8. The van der Waals surface area contributed by atoms with E-state index < -0.39 is 18.3 Å². The van der Waals surface area contributed by atoms with Gasteiger partial charge in [-0.2, -0.15) is 5.26 Å². The molecule has 3 heterocycles. The van der Waals surface area contributed by atoms with Gasteiger partial charge in [-0.15, -0.1) is 0 Å². The number of carbonyl (C=O) groups is 2. The second kappa shape index (κ2) is 8.69. The second-order valence-electron chi connectivity index (χ2n) is 8.43. The predicted octanol–water partition coefficient (Wildman–Crippen LogP) is 1.12. The number of pyridine rings is 1. The van der Waals surface area contributed by atoms with E-state index in [0.717, 1.165) is 18.4 Å². The first kappa shape index (κ1) is 21.2. The number of nitriles is 1. The number of cyclic esters (lactones) is 1. The SMILES string of the molecule is N#Cc1cccc2c1CC(NCC(O)CC1CN(c3ccc4c(n3)NC(=O)CO4)C(=O)O1)C2. The quantitative estimate of drug-likeness (QED) is 0.597. The van der Waals surface area contributed by atoms with E-state index in [2.05, 4.69) is 21.7 Å². The van der Waals surface area contributed by atoms with Crippen molar-refractivity contribution in [1.29, 1.82) is 5.26 Å². The number of hydrogen-bond donors (Lipinski definition) is 3. The minimum atomic E-state index is -0.703. The third kappa shape index (κ3) is 4.33. The molecule has 0 bridgehead atoms. The number of aliphatic hydroxyl groups is 1. The molecule has 170 valence electrons. The summed E-state index contributed by atoms with van der Waals surface area (Å²) in [4.78, 5) is 29.6. The summed E-state index contributed by atoms with van der Waals surface area (Å²) in [5.41, 5.74) is 2.95. The summed E-state index contributed by atoms with van der Waals surface area (Å²) < 4.78 is 10.7. The van der Waals surface area contributed by atoms with Gasteiger partial charge in [-0.05, 0) is 42.2 Å². The minimum absolute atomic E-state index is 0.0692. The zero-order valence-corrected chi connectivity index (χ0v) is 17.8. The number of aromatic nitrogens is 1.